The van der Waals surface area contributed by atoms with E-state index >= 15 is 0 Å². The van der Waals surface area contributed by atoms with E-state index in [9.17, 15) is 13.2 Å². The fourth-order valence-corrected chi connectivity index (χ4v) is 3.73. The number of anilines is 2. The van der Waals surface area contributed by atoms with Gasteiger partial charge in [0.05, 0.1) is 31.3 Å². The molecule has 1 amide bonds. The predicted molar refractivity (Wildman–Crippen MR) is 99.7 cm³/mol. The van der Waals surface area contributed by atoms with Crippen molar-refractivity contribution in [2.24, 2.45) is 0 Å². The number of nitrogens with one attached hydrogen (secondary N) is 1. The van der Waals surface area contributed by atoms with Crippen molar-refractivity contribution < 1.29 is 22.7 Å². The number of para-hydroxylation sites is 2. The smallest absolute Gasteiger partial charge is 0.267 e. The first-order valence-electron chi connectivity index (χ1n) is 7.67. The zero-order valence-electron chi connectivity index (χ0n) is 14.1. The van der Waals surface area contributed by atoms with Gasteiger partial charge in [-0.2, -0.15) is 0 Å². The van der Waals surface area contributed by atoms with Crippen LogP contribution in [0.4, 0.5) is 11.4 Å². The minimum Gasteiger partial charge on any atom is -0.495 e. The first-order chi connectivity index (χ1) is 12.3. The van der Waals surface area contributed by atoms with Gasteiger partial charge in [0.25, 0.3) is 5.91 Å². The Labute approximate surface area is 156 Å². The number of benzene rings is 2. The summed E-state index contributed by atoms with van der Waals surface area (Å²) in [7, 11) is -2.10. The highest BCUT2D eigenvalue weighted by Gasteiger charge is 2.35. The van der Waals surface area contributed by atoms with Gasteiger partial charge < -0.3 is 14.8 Å². The van der Waals surface area contributed by atoms with Gasteiger partial charge in [0.2, 0.25) is 10.0 Å². The third-order valence-electron chi connectivity index (χ3n) is 3.85. The average Bonchev–Trinajstić information content (AvgIpc) is 2.60. The number of nitrogens with zero attached hydrogens (tertiary/aromatic N) is 1. The Balaban J connectivity index is 1.89. The molecule has 0 aliphatic carbocycles. The molecular formula is C17H17ClN2O5S. The van der Waals surface area contributed by atoms with E-state index in [0.717, 1.165) is 10.6 Å². The normalized spacial score (nSPS) is 16.4. The minimum absolute atomic E-state index is 0.134. The molecule has 0 fully saturated rings. The van der Waals surface area contributed by atoms with Crippen LogP contribution in [-0.4, -0.2) is 40.3 Å². The van der Waals surface area contributed by atoms with Gasteiger partial charge in [0.15, 0.2) is 6.10 Å². The van der Waals surface area contributed by atoms with Crippen LogP contribution in [0, 0.1) is 0 Å². The fourth-order valence-electron chi connectivity index (χ4n) is 2.64. The van der Waals surface area contributed by atoms with Crippen molar-refractivity contribution in [3.05, 3.63) is 47.5 Å². The van der Waals surface area contributed by atoms with E-state index in [2.05, 4.69) is 5.32 Å². The Morgan fingerprint density at radius 2 is 2.04 bits per heavy atom. The summed E-state index contributed by atoms with van der Waals surface area (Å²) in [4.78, 5) is 12.7. The zero-order valence-corrected chi connectivity index (χ0v) is 15.7. The molecule has 1 atom stereocenters. The Kier molecular flexibility index (Phi) is 4.97. The molecule has 1 aliphatic heterocycles. The summed E-state index contributed by atoms with van der Waals surface area (Å²) in [5.41, 5.74) is 0.776. The van der Waals surface area contributed by atoms with Crippen LogP contribution in [0.15, 0.2) is 42.5 Å². The number of hydrogen-bond acceptors (Lipinski definition) is 5. The van der Waals surface area contributed by atoms with Crippen molar-refractivity contribution in [3.8, 4) is 11.5 Å². The monoisotopic (exact) mass is 396 g/mol. The molecule has 1 N–H and O–H groups in total. The number of methoxy groups -OCH3 is 1. The molecule has 0 saturated heterocycles. The van der Waals surface area contributed by atoms with Crippen LogP contribution in [0.5, 0.6) is 11.5 Å². The number of carbonyl (C=O) groups excluding carboxylic acids is 1. The summed E-state index contributed by atoms with van der Waals surface area (Å²) in [6, 6.07) is 11.5. The maximum absolute atomic E-state index is 12.7. The molecule has 1 heterocycles. The largest absolute Gasteiger partial charge is 0.495 e. The lowest BCUT2D eigenvalue weighted by atomic mass is 10.2. The fraction of sp³-hybridized carbons (Fsp3) is 0.235. The highest BCUT2D eigenvalue weighted by Crippen LogP contribution is 2.35. The third-order valence-corrected chi connectivity index (χ3v) is 5.23. The number of fused-ring (bicyclic) bond motifs is 1. The van der Waals surface area contributed by atoms with E-state index in [-0.39, 0.29) is 6.54 Å². The van der Waals surface area contributed by atoms with Gasteiger partial charge >= 0.3 is 0 Å². The van der Waals surface area contributed by atoms with E-state index in [1.54, 1.807) is 42.5 Å². The van der Waals surface area contributed by atoms with Gasteiger partial charge in [-0.25, -0.2) is 8.42 Å². The average molecular weight is 397 g/mol. The molecule has 0 unspecified atom stereocenters. The second kappa shape index (κ2) is 7.05. The maximum atomic E-state index is 12.7. The van der Waals surface area contributed by atoms with Gasteiger partial charge in [0, 0.05) is 5.02 Å². The number of amides is 1. The molecule has 3 rings (SSSR count). The van der Waals surface area contributed by atoms with E-state index < -0.39 is 22.0 Å². The Bertz CT molecular complexity index is 948. The molecule has 2 aromatic rings. The number of rotatable bonds is 4. The summed E-state index contributed by atoms with van der Waals surface area (Å²) in [6.45, 7) is -0.134. The predicted octanol–water partition coefficient (Wildman–Crippen LogP) is 2.51. The minimum atomic E-state index is -3.57. The van der Waals surface area contributed by atoms with Crippen molar-refractivity contribution in [1.82, 2.24) is 0 Å². The van der Waals surface area contributed by atoms with Crippen molar-refractivity contribution in [2.75, 3.05) is 29.5 Å². The highest BCUT2D eigenvalue weighted by molar-refractivity contribution is 7.92. The van der Waals surface area contributed by atoms with Gasteiger partial charge in [-0.15, -0.1) is 0 Å². The summed E-state index contributed by atoms with van der Waals surface area (Å²) in [5.74, 6) is 0.245. The summed E-state index contributed by atoms with van der Waals surface area (Å²) in [5, 5.41) is 3.10. The van der Waals surface area contributed by atoms with E-state index in [1.165, 1.54) is 7.11 Å². The highest BCUT2D eigenvalue weighted by atomic mass is 35.5. The first-order valence-corrected chi connectivity index (χ1v) is 9.90. The second-order valence-electron chi connectivity index (χ2n) is 5.70. The molecule has 26 heavy (non-hydrogen) atoms. The zero-order chi connectivity index (χ0) is 18.9. The molecule has 138 valence electrons. The molecule has 1 aliphatic rings. The first kappa shape index (κ1) is 18.3. The molecule has 0 bridgehead atoms. The SMILES string of the molecule is COc1ccc(Cl)cc1NC(=O)[C@H]1CN(S(C)(=O)=O)c2ccccc2O1. The van der Waals surface area contributed by atoms with Gasteiger partial charge in [0.1, 0.15) is 11.5 Å². The summed E-state index contributed by atoms with van der Waals surface area (Å²) < 4.78 is 36.3. The molecule has 0 radical (unpaired) electrons. The van der Waals surface area contributed by atoms with Crippen LogP contribution in [0.25, 0.3) is 0 Å². The molecule has 2 aromatic carbocycles. The quantitative estimate of drug-likeness (QED) is 0.858. The van der Waals surface area contributed by atoms with Crippen LogP contribution >= 0.6 is 11.6 Å². The summed E-state index contributed by atoms with van der Waals surface area (Å²) >= 11 is 5.97. The van der Waals surface area contributed by atoms with Gasteiger partial charge in [-0.3, -0.25) is 9.10 Å². The van der Waals surface area contributed by atoms with Crippen molar-refractivity contribution in [1.29, 1.82) is 0 Å². The van der Waals surface area contributed by atoms with E-state index in [0.29, 0.717) is 27.9 Å². The third kappa shape index (κ3) is 3.71. The lowest BCUT2D eigenvalue weighted by molar-refractivity contribution is -0.122. The van der Waals surface area contributed by atoms with E-state index in [4.69, 9.17) is 21.1 Å². The van der Waals surface area contributed by atoms with Crippen LogP contribution in [-0.2, 0) is 14.8 Å². The van der Waals surface area contributed by atoms with Crippen molar-refractivity contribution in [3.63, 3.8) is 0 Å². The molecule has 7 nitrogen and oxygen atoms in total. The molecule has 0 aromatic heterocycles. The standard InChI is InChI=1S/C17H17ClN2O5S/c1-24-14-8-7-11(18)9-12(14)19-17(21)16-10-20(26(2,22)23)13-5-3-4-6-15(13)25-16/h3-9,16H,10H2,1-2H3,(H,19,21)/t16-/m1/s1. The van der Waals surface area contributed by atoms with E-state index in [1.807, 2.05) is 0 Å². The Morgan fingerprint density at radius 1 is 1.31 bits per heavy atom. The van der Waals surface area contributed by atoms with Crippen LogP contribution in [0.3, 0.4) is 0 Å². The van der Waals surface area contributed by atoms with Gasteiger partial charge in [-0.05, 0) is 30.3 Å². The number of carbonyl (C=O) groups is 1. The van der Waals surface area contributed by atoms with Crippen LogP contribution in [0.2, 0.25) is 5.02 Å². The van der Waals surface area contributed by atoms with Crippen molar-refractivity contribution in [2.45, 2.75) is 6.10 Å². The summed E-state index contributed by atoms with van der Waals surface area (Å²) in [6.07, 6.45) is 0.0627. The number of halogens is 1. The van der Waals surface area contributed by atoms with Gasteiger partial charge in [-0.1, -0.05) is 23.7 Å². The number of hydrogen-bond donors (Lipinski definition) is 1. The lowest BCUT2D eigenvalue weighted by Crippen LogP contribution is -2.48. The molecular weight excluding hydrogens is 380 g/mol. The Morgan fingerprint density at radius 3 is 2.73 bits per heavy atom. The number of sulfonamides is 1. The topological polar surface area (TPSA) is 84.9 Å². The molecule has 0 spiro atoms. The lowest BCUT2D eigenvalue weighted by Gasteiger charge is -2.33. The van der Waals surface area contributed by atoms with Crippen LogP contribution < -0.4 is 19.1 Å². The molecule has 0 saturated carbocycles. The maximum Gasteiger partial charge on any atom is 0.267 e. The van der Waals surface area contributed by atoms with Crippen molar-refractivity contribution >= 4 is 38.9 Å². The second-order valence-corrected chi connectivity index (χ2v) is 8.05. The van der Waals surface area contributed by atoms with Crippen LogP contribution in [0.1, 0.15) is 0 Å². The number of ether oxygens (including phenoxy) is 2. The molecule has 9 heteroatoms. The Hall–Kier alpha value is -2.45.